The Bertz CT molecular complexity index is 627. The molecule has 0 heterocycles. The van der Waals surface area contributed by atoms with E-state index in [1.807, 2.05) is 36.4 Å². The van der Waals surface area contributed by atoms with Crippen molar-refractivity contribution in [1.82, 2.24) is 0 Å². The van der Waals surface area contributed by atoms with E-state index in [0.29, 0.717) is 22.6 Å². The van der Waals surface area contributed by atoms with Crippen molar-refractivity contribution in [2.24, 2.45) is 0 Å². The number of hydrogen-bond acceptors (Lipinski definition) is 3. The van der Waals surface area contributed by atoms with Gasteiger partial charge in [-0.25, -0.2) is 0 Å². The van der Waals surface area contributed by atoms with Crippen LogP contribution in [0.4, 0.5) is 0 Å². The Morgan fingerprint density at radius 1 is 1.14 bits per heavy atom. The van der Waals surface area contributed by atoms with Gasteiger partial charge in [0.15, 0.2) is 5.75 Å². The van der Waals surface area contributed by atoms with Crippen LogP contribution in [0.5, 0.6) is 11.5 Å². The van der Waals surface area contributed by atoms with Crippen molar-refractivity contribution in [3.63, 3.8) is 0 Å². The molecule has 0 aliphatic rings. The van der Waals surface area contributed by atoms with Crippen molar-refractivity contribution in [2.75, 3.05) is 7.11 Å². The summed E-state index contributed by atoms with van der Waals surface area (Å²) in [5.74, 6) is 1.28. The van der Waals surface area contributed by atoms with Gasteiger partial charge >= 0.3 is 0 Å². The Morgan fingerprint density at radius 2 is 1.86 bits per heavy atom. The van der Waals surface area contributed by atoms with E-state index in [1.54, 1.807) is 7.11 Å². The lowest BCUT2D eigenvalue weighted by Gasteiger charge is -2.16. The van der Waals surface area contributed by atoms with Crippen LogP contribution in [0.15, 0.2) is 45.3 Å². The minimum atomic E-state index is 0.283. The second-order valence-corrected chi connectivity index (χ2v) is 5.99. The second kappa shape index (κ2) is 7.61. The number of halogens is 2. The molecular weight excluding hydrogens is 400 g/mol. The number of benzene rings is 2. The minimum absolute atomic E-state index is 0.283. The van der Waals surface area contributed by atoms with Crippen LogP contribution in [0.3, 0.4) is 0 Å². The highest BCUT2D eigenvalue weighted by Crippen LogP contribution is 2.43. The van der Waals surface area contributed by atoms with Crippen LogP contribution in [0.2, 0.25) is 0 Å². The van der Waals surface area contributed by atoms with E-state index < -0.39 is 0 Å². The number of ether oxygens (including phenoxy) is 2. The Balaban J connectivity index is 2.33. The molecule has 5 heteroatoms. The van der Waals surface area contributed by atoms with Crippen molar-refractivity contribution in [2.45, 2.75) is 13.0 Å². The third kappa shape index (κ3) is 3.86. The van der Waals surface area contributed by atoms with E-state index in [4.69, 9.17) is 9.47 Å². The number of hydrogen-bond donors (Lipinski definition) is 0. The SMILES string of the molecule is COc1c(Br)cc(CC=O)c(OCc2ccccc2)c1Br. The first-order valence-electron chi connectivity index (χ1n) is 6.32. The van der Waals surface area contributed by atoms with Gasteiger partial charge in [-0.3, -0.25) is 0 Å². The summed E-state index contributed by atoms with van der Waals surface area (Å²) < 4.78 is 12.7. The predicted molar refractivity (Wildman–Crippen MR) is 88.9 cm³/mol. The maximum absolute atomic E-state index is 10.9. The number of carbonyl (C=O) groups excluding carboxylic acids is 1. The molecule has 3 nitrogen and oxygen atoms in total. The van der Waals surface area contributed by atoms with E-state index in [1.165, 1.54) is 0 Å². The lowest BCUT2D eigenvalue weighted by atomic mass is 10.1. The van der Waals surface area contributed by atoms with Crippen LogP contribution < -0.4 is 9.47 Å². The van der Waals surface area contributed by atoms with E-state index in [9.17, 15) is 4.79 Å². The first kappa shape index (κ1) is 16.0. The van der Waals surface area contributed by atoms with Gasteiger partial charge in [-0.1, -0.05) is 30.3 Å². The average molecular weight is 414 g/mol. The fourth-order valence-electron chi connectivity index (χ4n) is 1.95. The maximum Gasteiger partial charge on any atom is 0.150 e. The largest absolute Gasteiger partial charge is 0.494 e. The molecule has 110 valence electrons. The summed E-state index contributed by atoms with van der Waals surface area (Å²) in [7, 11) is 1.59. The molecule has 2 aromatic carbocycles. The number of aldehydes is 1. The van der Waals surface area contributed by atoms with E-state index in [0.717, 1.165) is 21.9 Å². The predicted octanol–water partition coefficient (Wildman–Crippen LogP) is 4.54. The van der Waals surface area contributed by atoms with Gasteiger partial charge in [-0.15, -0.1) is 0 Å². The summed E-state index contributed by atoms with van der Waals surface area (Å²) in [6.07, 6.45) is 1.14. The highest BCUT2D eigenvalue weighted by molar-refractivity contribution is 9.11. The van der Waals surface area contributed by atoms with Crippen LogP contribution >= 0.6 is 31.9 Å². The van der Waals surface area contributed by atoms with Gasteiger partial charge in [0.25, 0.3) is 0 Å². The molecule has 0 aliphatic heterocycles. The first-order chi connectivity index (χ1) is 10.2. The topological polar surface area (TPSA) is 35.5 Å². The summed E-state index contributed by atoms with van der Waals surface area (Å²) in [6, 6.07) is 11.7. The summed E-state index contributed by atoms with van der Waals surface area (Å²) >= 11 is 6.92. The Morgan fingerprint density at radius 3 is 2.48 bits per heavy atom. The summed E-state index contributed by atoms with van der Waals surface area (Å²) in [4.78, 5) is 10.9. The molecule has 0 saturated carbocycles. The fraction of sp³-hybridized carbons (Fsp3) is 0.188. The number of methoxy groups -OCH3 is 1. The van der Waals surface area contributed by atoms with Crippen molar-refractivity contribution in [3.8, 4) is 11.5 Å². The standard InChI is InChI=1S/C16H14Br2O3/c1-20-16-13(17)9-12(7-8-19)15(14(16)18)21-10-11-5-3-2-4-6-11/h2-6,8-9H,7,10H2,1H3. The monoisotopic (exact) mass is 412 g/mol. The molecule has 0 saturated heterocycles. The molecule has 0 radical (unpaired) electrons. The molecule has 0 aromatic heterocycles. The molecule has 0 bridgehead atoms. The Hall–Kier alpha value is -1.33. The molecule has 21 heavy (non-hydrogen) atoms. The second-order valence-electron chi connectivity index (χ2n) is 4.34. The molecule has 0 spiro atoms. The molecule has 0 amide bonds. The third-order valence-corrected chi connectivity index (χ3v) is 4.25. The average Bonchev–Trinajstić information content (AvgIpc) is 2.48. The summed E-state index contributed by atoms with van der Waals surface area (Å²) in [5.41, 5.74) is 1.86. The normalized spacial score (nSPS) is 10.2. The molecule has 0 N–H and O–H groups in total. The van der Waals surface area contributed by atoms with Gasteiger partial charge in [0.1, 0.15) is 23.1 Å². The molecule has 2 aromatic rings. The Labute approximate surface area is 140 Å². The van der Waals surface area contributed by atoms with Gasteiger partial charge in [0.2, 0.25) is 0 Å². The smallest absolute Gasteiger partial charge is 0.150 e. The Kier molecular flexibility index (Phi) is 5.82. The first-order valence-corrected chi connectivity index (χ1v) is 7.91. The molecule has 0 unspecified atom stereocenters. The van der Waals surface area contributed by atoms with Crippen LogP contribution in [0.1, 0.15) is 11.1 Å². The van der Waals surface area contributed by atoms with E-state index >= 15 is 0 Å². The fourth-order valence-corrected chi connectivity index (χ4v) is 3.59. The quantitative estimate of drug-likeness (QED) is 0.652. The van der Waals surface area contributed by atoms with Crippen molar-refractivity contribution >= 4 is 38.1 Å². The van der Waals surface area contributed by atoms with Crippen LogP contribution in [0, 0.1) is 0 Å². The van der Waals surface area contributed by atoms with E-state index in [2.05, 4.69) is 31.9 Å². The van der Waals surface area contributed by atoms with Crippen LogP contribution in [0.25, 0.3) is 0 Å². The third-order valence-electron chi connectivity index (χ3n) is 2.94. The van der Waals surface area contributed by atoms with E-state index in [-0.39, 0.29) is 6.42 Å². The highest BCUT2D eigenvalue weighted by atomic mass is 79.9. The molecule has 0 atom stereocenters. The van der Waals surface area contributed by atoms with Crippen molar-refractivity contribution in [3.05, 3.63) is 56.5 Å². The number of rotatable bonds is 6. The van der Waals surface area contributed by atoms with Crippen molar-refractivity contribution < 1.29 is 14.3 Å². The summed E-state index contributed by atoms with van der Waals surface area (Å²) in [5, 5.41) is 0. The van der Waals surface area contributed by atoms with Crippen LogP contribution in [-0.2, 0) is 17.8 Å². The van der Waals surface area contributed by atoms with Crippen molar-refractivity contribution in [1.29, 1.82) is 0 Å². The zero-order valence-electron chi connectivity index (χ0n) is 11.4. The lowest BCUT2D eigenvalue weighted by Crippen LogP contribution is -2.02. The van der Waals surface area contributed by atoms with Gasteiger partial charge in [-0.2, -0.15) is 0 Å². The molecular formula is C16H14Br2O3. The van der Waals surface area contributed by atoms with Gasteiger partial charge in [0, 0.05) is 12.0 Å². The highest BCUT2D eigenvalue weighted by Gasteiger charge is 2.17. The molecule has 0 fully saturated rings. The zero-order valence-corrected chi connectivity index (χ0v) is 14.6. The lowest BCUT2D eigenvalue weighted by molar-refractivity contribution is -0.107. The van der Waals surface area contributed by atoms with Crippen LogP contribution in [-0.4, -0.2) is 13.4 Å². The molecule has 0 aliphatic carbocycles. The van der Waals surface area contributed by atoms with Gasteiger partial charge < -0.3 is 14.3 Å². The maximum atomic E-state index is 10.9. The number of carbonyl (C=O) groups is 1. The summed E-state index contributed by atoms with van der Waals surface area (Å²) in [6.45, 7) is 0.427. The van der Waals surface area contributed by atoms with Gasteiger partial charge in [0.05, 0.1) is 11.6 Å². The zero-order chi connectivity index (χ0) is 15.2. The van der Waals surface area contributed by atoms with Gasteiger partial charge in [-0.05, 0) is 43.5 Å². The molecule has 2 rings (SSSR count). The minimum Gasteiger partial charge on any atom is -0.494 e.